The quantitative estimate of drug-likeness (QED) is 0.384. The number of hydrogen-bond acceptors (Lipinski definition) is 5. The van der Waals surface area contributed by atoms with Crippen molar-refractivity contribution in [3.8, 4) is 5.75 Å². The molecule has 0 bridgehead atoms. The van der Waals surface area contributed by atoms with Gasteiger partial charge in [0, 0.05) is 31.8 Å². The van der Waals surface area contributed by atoms with Crippen molar-refractivity contribution in [2.75, 3.05) is 19.7 Å². The SMILES string of the molecule is O=[N+]([O-])c1ccc(CCN(Cc2ccccc2)C[C@H](O)COc2ccccc2)cc1. The normalized spacial score (nSPS) is 11.9. The van der Waals surface area contributed by atoms with Crippen LogP contribution in [0.5, 0.6) is 5.75 Å². The molecule has 6 nitrogen and oxygen atoms in total. The van der Waals surface area contributed by atoms with E-state index in [0.29, 0.717) is 13.1 Å². The lowest BCUT2D eigenvalue weighted by Gasteiger charge is -2.25. The van der Waals surface area contributed by atoms with Crippen LogP contribution in [0.4, 0.5) is 5.69 Å². The maximum atomic E-state index is 10.8. The Morgan fingerprint density at radius 2 is 1.53 bits per heavy atom. The molecule has 156 valence electrons. The lowest BCUT2D eigenvalue weighted by Crippen LogP contribution is -2.36. The first-order valence-corrected chi connectivity index (χ1v) is 9.95. The van der Waals surface area contributed by atoms with Gasteiger partial charge in [-0.25, -0.2) is 0 Å². The molecule has 0 unspecified atom stereocenters. The Kier molecular flexibility index (Phi) is 7.94. The fourth-order valence-electron chi connectivity index (χ4n) is 3.21. The monoisotopic (exact) mass is 406 g/mol. The van der Waals surface area contributed by atoms with E-state index in [0.717, 1.165) is 29.8 Å². The van der Waals surface area contributed by atoms with Crippen LogP contribution in [0.25, 0.3) is 0 Å². The average Bonchev–Trinajstić information content (AvgIpc) is 2.78. The molecule has 0 saturated carbocycles. The molecular weight excluding hydrogens is 380 g/mol. The number of non-ortho nitro benzene ring substituents is 1. The zero-order valence-corrected chi connectivity index (χ0v) is 16.8. The van der Waals surface area contributed by atoms with Crippen molar-refractivity contribution in [1.29, 1.82) is 0 Å². The van der Waals surface area contributed by atoms with Gasteiger partial charge in [-0.2, -0.15) is 0 Å². The third-order valence-electron chi connectivity index (χ3n) is 4.77. The number of rotatable bonds is 11. The zero-order chi connectivity index (χ0) is 21.2. The van der Waals surface area contributed by atoms with E-state index in [-0.39, 0.29) is 12.3 Å². The maximum absolute atomic E-state index is 10.8. The van der Waals surface area contributed by atoms with E-state index in [1.165, 1.54) is 12.1 Å². The lowest BCUT2D eigenvalue weighted by molar-refractivity contribution is -0.384. The van der Waals surface area contributed by atoms with Crippen molar-refractivity contribution >= 4 is 5.69 Å². The minimum absolute atomic E-state index is 0.0911. The van der Waals surface area contributed by atoms with Crippen LogP contribution in [0.3, 0.4) is 0 Å². The zero-order valence-electron chi connectivity index (χ0n) is 16.8. The number of nitro groups is 1. The molecule has 0 aliphatic rings. The van der Waals surface area contributed by atoms with Crippen LogP contribution >= 0.6 is 0 Å². The van der Waals surface area contributed by atoms with Gasteiger partial charge in [0.25, 0.3) is 5.69 Å². The molecule has 3 aromatic rings. The number of ether oxygens (including phenoxy) is 1. The van der Waals surface area contributed by atoms with Crippen LogP contribution in [0.2, 0.25) is 0 Å². The predicted octanol–water partition coefficient (Wildman–Crippen LogP) is 4.08. The minimum atomic E-state index is -0.634. The highest BCUT2D eigenvalue weighted by molar-refractivity contribution is 5.33. The summed E-state index contributed by atoms with van der Waals surface area (Å²) in [6, 6.07) is 26.2. The third kappa shape index (κ3) is 6.99. The fraction of sp³-hybridized carbons (Fsp3) is 0.250. The molecule has 6 heteroatoms. The topological polar surface area (TPSA) is 75.8 Å². The molecule has 0 radical (unpaired) electrons. The van der Waals surface area contributed by atoms with Crippen molar-refractivity contribution in [3.05, 3.63) is 106 Å². The average molecular weight is 406 g/mol. The summed E-state index contributed by atoms with van der Waals surface area (Å²) in [5.74, 6) is 0.733. The van der Waals surface area contributed by atoms with E-state index in [4.69, 9.17) is 4.74 Å². The van der Waals surface area contributed by atoms with Gasteiger partial charge < -0.3 is 9.84 Å². The second-order valence-corrected chi connectivity index (χ2v) is 7.17. The minimum Gasteiger partial charge on any atom is -0.491 e. The number of aliphatic hydroxyl groups excluding tert-OH is 1. The molecule has 0 saturated heterocycles. The molecule has 0 aromatic heterocycles. The van der Waals surface area contributed by atoms with Crippen molar-refractivity contribution < 1.29 is 14.8 Å². The molecule has 30 heavy (non-hydrogen) atoms. The molecule has 0 aliphatic heterocycles. The Morgan fingerprint density at radius 1 is 0.900 bits per heavy atom. The molecule has 1 N–H and O–H groups in total. The molecule has 0 fully saturated rings. The van der Waals surface area contributed by atoms with Crippen LogP contribution < -0.4 is 4.74 Å². The highest BCUT2D eigenvalue weighted by Gasteiger charge is 2.14. The summed E-state index contributed by atoms with van der Waals surface area (Å²) in [6.45, 7) is 2.10. The summed E-state index contributed by atoms with van der Waals surface area (Å²) in [6.07, 6.45) is 0.0997. The summed E-state index contributed by atoms with van der Waals surface area (Å²) in [5.41, 5.74) is 2.28. The Morgan fingerprint density at radius 3 is 2.17 bits per heavy atom. The van der Waals surface area contributed by atoms with Gasteiger partial charge in [0.05, 0.1) is 4.92 Å². The van der Waals surface area contributed by atoms with Crippen LogP contribution in [-0.4, -0.2) is 40.7 Å². The van der Waals surface area contributed by atoms with E-state index in [9.17, 15) is 15.2 Å². The van der Waals surface area contributed by atoms with E-state index < -0.39 is 11.0 Å². The van der Waals surface area contributed by atoms with Crippen LogP contribution in [0, 0.1) is 10.1 Å². The van der Waals surface area contributed by atoms with Gasteiger partial charge in [-0.1, -0.05) is 60.7 Å². The number of nitrogens with zero attached hydrogens (tertiary/aromatic N) is 2. The van der Waals surface area contributed by atoms with E-state index in [1.807, 2.05) is 48.5 Å². The molecule has 3 rings (SSSR count). The third-order valence-corrected chi connectivity index (χ3v) is 4.77. The molecule has 0 aliphatic carbocycles. The van der Waals surface area contributed by atoms with E-state index >= 15 is 0 Å². The molecule has 1 atom stereocenters. The van der Waals surface area contributed by atoms with Gasteiger partial charge >= 0.3 is 0 Å². The number of para-hydroxylation sites is 1. The van der Waals surface area contributed by atoms with Crippen molar-refractivity contribution in [2.45, 2.75) is 19.1 Å². The summed E-state index contributed by atoms with van der Waals surface area (Å²) < 4.78 is 5.68. The van der Waals surface area contributed by atoms with Crippen LogP contribution in [0.1, 0.15) is 11.1 Å². The van der Waals surface area contributed by atoms with Crippen LogP contribution in [0.15, 0.2) is 84.9 Å². The van der Waals surface area contributed by atoms with Crippen molar-refractivity contribution in [1.82, 2.24) is 4.90 Å². The Hall–Kier alpha value is -3.22. The number of aliphatic hydroxyl groups is 1. The van der Waals surface area contributed by atoms with E-state index in [2.05, 4.69) is 17.0 Å². The molecule has 0 heterocycles. The Bertz CT molecular complexity index is 902. The summed E-state index contributed by atoms with van der Waals surface area (Å²) >= 11 is 0. The lowest BCUT2D eigenvalue weighted by atomic mass is 10.1. The summed E-state index contributed by atoms with van der Waals surface area (Å²) in [7, 11) is 0. The molecule has 0 spiro atoms. The van der Waals surface area contributed by atoms with Crippen molar-refractivity contribution in [3.63, 3.8) is 0 Å². The predicted molar refractivity (Wildman–Crippen MR) is 116 cm³/mol. The second-order valence-electron chi connectivity index (χ2n) is 7.17. The van der Waals surface area contributed by atoms with Gasteiger partial charge in [0.1, 0.15) is 18.5 Å². The number of benzene rings is 3. The van der Waals surface area contributed by atoms with Gasteiger partial charge in [0.2, 0.25) is 0 Å². The highest BCUT2D eigenvalue weighted by atomic mass is 16.6. The molecular formula is C24H26N2O4. The first kappa shape index (κ1) is 21.5. The first-order chi connectivity index (χ1) is 14.6. The Balaban J connectivity index is 1.58. The number of nitro benzene ring substituents is 1. The van der Waals surface area contributed by atoms with E-state index in [1.54, 1.807) is 12.1 Å². The second kappa shape index (κ2) is 11.1. The largest absolute Gasteiger partial charge is 0.491 e. The molecule has 3 aromatic carbocycles. The smallest absolute Gasteiger partial charge is 0.269 e. The Labute approximate surface area is 176 Å². The number of hydrogen-bond donors (Lipinski definition) is 1. The summed E-state index contributed by atoms with van der Waals surface area (Å²) in [5, 5.41) is 21.3. The highest BCUT2D eigenvalue weighted by Crippen LogP contribution is 2.14. The van der Waals surface area contributed by atoms with Crippen molar-refractivity contribution in [2.24, 2.45) is 0 Å². The van der Waals surface area contributed by atoms with Gasteiger partial charge in [-0.3, -0.25) is 15.0 Å². The molecule has 0 amide bonds. The van der Waals surface area contributed by atoms with Gasteiger partial charge in [-0.15, -0.1) is 0 Å². The first-order valence-electron chi connectivity index (χ1n) is 9.95. The summed E-state index contributed by atoms with van der Waals surface area (Å²) in [4.78, 5) is 12.6. The standard InChI is InChI=1S/C24H26N2O4/c27-23(19-30-24-9-5-2-6-10-24)18-25(17-21-7-3-1-4-8-21)16-15-20-11-13-22(14-12-20)26(28)29/h1-14,23,27H,15-19H2/t23-/m0/s1. The van der Waals surface area contributed by atoms with Crippen LogP contribution in [-0.2, 0) is 13.0 Å². The van der Waals surface area contributed by atoms with Gasteiger partial charge in [-0.05, 0) is 29.7 Å². The fourth-order valence-corrected chi connectivity index (χ4v) is 3.21. The maximum Gasteiger partial charge on any atom is 0.269 e. The van der Waals surface area contributed by atoms with Gasteiger partial charge in [0.15, 0.2) is 0 Å².